The van der Waals surface area contributed by atoms with Crippen molar-refractivity contribution in [2.75, 3.05) is 37.3 Å². The van der Waals surface area contributed by atoms with Gasteiger partial charge in [0.1, 0.15) is 5.69 Å². The van der Waals surface area contributed by atoms with E-state index in [2.05, 4.69) is 0 Å². The number of carbonyl (C=O) groups is 1. The smallest absolute Gasteiger partial charge is 0.293 e. The van der Waals surface area contributed by atoms with Gasteiger partial charge < -0.3 is 15.5 Å². The molecule has 1 aromatic carbocycles. The molecule has 2 aliphatic rings. The van der Waals surface area contributed by atoms with Crippen LogP contribution in [0.2, 0.25) is 0 Å². The zero-order valence-electron chi connectivity index (χ0n) is 15.3. The van der Waals surface area contributed by atoms with Gasteiger partial charge in [-0.15, -0.1) is 0 Å². The molecule has 1 saturated heterocycles. The third-order valence-electron chi connectivity index (χ3n) is 5.40. The first kappa shape index (κ1) is 19.6. The highest BCUT2D eigenvalue weighted by molar-refractivity contribution is 7.90. The number of piperazine rings is 1. The van der Waals surface area contributed by atoms with E-state index < -0.39 is 20.3 Å². The second-order valence-corrected chi connectivity index (χ2v) is 9.34. The van der Waals surface area contributed by atoms with Crippen LogP contribution in [0.3, 0.4) is 0 Å². The van der Waals surface area contributed by atoms with Gasteiger partial charge in [0.2, 0.25) is 5.91 Å². The Labute approximate surface area is 158 Å². The lowest BCUT2D eigenvalue weighted by atomic mass is 9.97. The molecule has 9 nitrogen and oxygen atoms in total. The van der Waals surface area contributed by atoms with Gasteiger partial charge in [-0.1, -0.05) is 12.8 Å². The van der Waals surface area contributed by atoms with Gasteiger partial charge >= 0.3 is 0 Å². The Morgan fingerprint density at radius 1 is 1.19 bits per heavy atom. The highest BCUT2D eigenvalue weighted by atomic mass is 32.2. The SMILES string of the molecule is CS(=O)(=O)c1ccc(N2CCN(C(=O)C3(N)CCCC3)CC2)c([N+](=O)[O-])c1. The molecule has 10 heteroatoms. The Morgan fingerprint density at radius 2 is 1.78 bits per heavy atom. The van der Waals surface area contributed by atoms with Crippen molar-refractivity contribution in [3.8, 4) is 0 Å². The van der Waals surface area contributed by atoms with Crippen molar-refractivity contribution in [3.05, 3.63) is 28.3 Å². The first-order chi connectivity index (χ1) is 12.6. The summed E-state index contributed by atoms with van der Waals surface area (Å²) in [6, 6.07) is 3.94. The number of hydrogen-bond donors (Lipinski definition) is 1. The van der Waals surface area contributed by atoms with E-state index in [0.29, 0.717) is 44.7 Å². The molecule has 3 rings (SSSR count). The van der Waals surface area contributed by atoms with Crippen molar-refractivity contribution >= 4 is 27.1 Å². The van der Waals surface area contributed by atoms with E-state index >= 15 is 0 Å². The summed E-state index contributed by atoms with van der Waals surface area (Å²) in [5, 5.41) is 11.4. The van der Waals surface area contributed by atoms with Crippen LogP contribution in [0.4, 0.5) is 11.4 Å². The molecule has 0 spiro atoms. The van der Waals surface area contributed by atoms with Gasteiger partial charge in [-0.2, -0.15) is 0 Å². The number of hydrogen-bond acceptors (Lipinski definition) is 7. The van der Waals surface area contributed by atoms with Crippen LogP contribution in [0.1, 0.15) is 25.7 Å². The van der Waals surface area contributed by atoms with Crippen LogP contribution in [-0.2, 0) is 14.6 Å². The molecule has 0 atom stereocenters. The molecule has 1 amide bonds. The number of nitrogens with two attached hydrogens (primary N) is 1. The van der Waals surface area contributed by atoms with Crippen LogP contribution in [0, 0.1) is 10.1 Å². The average molecular weight is 396 g/mol. The predicted molar refractivity (Wildman–Crippen MR) is 100 cm³/mol. The Morgan fingerprint density at radius 3 is 2.30 bits per heavy atom. The molecule has 1 heterocycles. The van der Waals surface area contributed by atoms with Gasteiger partial charge in [-0.05, 0) is 25.0 Å². The van der Waals surface area contributed by atoms with Gasteiger partial charge in [-0.3, -0.25) is 14.9 Å². The maximum atomic E-state index is 12.7. The van der Waals surface area contributed by atoms with Crippen LogP contribution in [-0.4, -0.2) is 62.1 Å². The van der Waals surface area contributed by atoms with E-state index in [1.165, 1.54) is 12.1 Å². The largest absolute Gasteiger partial charge is 0.362 e. The number of rotatable bonds is 4. The molecular formula is C17H24N4O5S. The number of nitro benzene ring substituents is 1. The van der Waals surface area contributed by atoms with Crippen molar-refractivity contribution in [2.45, 2.75) is 36.1 Å². The molecule has 0 aromatic heterocycles. The highest BCUT2D eigenvalue weighted by Gasteiger charge is 2.40. The van der Waals surface area contributed by atoms with Crippen molar-refractivity contribution in [2.24, 2.45) is 5.73 Å². The van der Waals surface area contributed by atoms with Crippen molar-refractivity contribution in [1.29, 1.82) is 0 Å². The molecule has 27 heavy (non-hydrogen) atoms. The Bertz CT molecular complexity index is 856. The quantitative estimate of drug-likeness (QED) is 0.592. The number of carbonyl (C=O) groups excluding carboxylic acids is 1. The minimum atomic E-state index is -3.53. The molecule has 1 saturated carbocycles. The van der Waals surface area contributed by atoms with E-state index in [1.54, 1.807) is 4.90 Å². The summed E-state index contributed by atoms with van der Waals surface area (Å²) in [5.74, 6) is -0.0402. The number of nitrogens with zero attached hydrogens (tertiary/aromatic N) is 3. The summed E-state index contributed by atoms with van der Waals surface area (Å²) in [7, 11) is -3.53. The number of sulfone groups is 1. The molecule has 0 unspecified atom stereocenters. The third-order valence-corrected chi connectivity index (χ3v) is 6.51. The van der Waals surface area contributed by atoms with Crippen LogP contribution >= 0.6 is 0 Å². The van der Waals surface area contributed by atoms with E-state index in [4.69, 9.17) is 5.73 Å². The van der Waals surface area contributed by atoms with Gasteiger partial charge in [0.15, 0.2) is 9.84 Å². The number of anilines is 1. The summed E-state index contributed by atoms with van der Waals surface area (Å²) >= 11 is 0. The summed E-state index contributed by atoms with van der Waals surface area (Å²) in [6.07, 6.45) is 4.33. The maximum absolute atomic E-state index is 12.7. The molecule has 2 fully saturated rings. The lowest BCUT2D eigenvalue weighted by Crippen LogP contribution is -2.58. The second-order valence-electron chi connectivity index (χ2n) is 7.32. The average Bonchev–Trinajstić information content (AvgIpc) is 3.08. The van der Waals surface area contributed by atoms with Gasteiger partial charge in [0.05, 0.1) is 15.4 Å². The van der Waals surface area contributed by atoms with Crippen LogP contribution in [0.25, 0.3) is 0 Å². The molecule has 2 N–H and O–H groups in total. The van der Waals surface area contributed by atoms with E-state index in [-0.39, 0.29) is 16.5 Å². The second kappa shape index (κ2) is 7.08. The highest BCUT2D eigenvalue weighted by Crippen LogP contribution is 2.33. The fourth-order valence-electron chi connectivity index (χ4n) is 3.83. The number of benzene rings is 1. The molecule has 148 valence electrons. The normalized spacial score (nSPS) is 19.9. The van der Waals surface area contributed by atoms with Crippen molar-refractivity contribution in [1.82, 2.24) is 4.90 Å². The first-order valence-electron chi connectivity index (χ1n) is 8.93. The minimum Gasteiger partial charge on any atom is -0.362 e. The third kappa shape index (κ3) is 3.91. The Hall–Kier alpha value is -2.20. The van der Waals surface area contributed by atoms with E-state index in [9.17, 15) is 23.3 Å². The fourth-order valence-corrected chi connectivity index (χ4v) is 4.47. The van der Waals surface area contributed by atoms with Gasteiger partial charge in [0.25, 0.3) is 5.69 Å². The Balaban J connectivity index is 1.76. The summed E-state index contributed by atoms with van der Waals surface area (Å²) < 4.78 is 23.4. The molecular weight excluding hydrogens is 372 g/mol. The molecule has 0 radical (unpaired) electrons. The monoisotopic (exact) mass is 396 g/mol. The Kier molecular flexibility index (Phi) is 5.13. The molecule has 1 aliphatic carbocycles. The lowest BCUT2D eigenvalue weighted by Gasteiger charge is -2.39. The van der Waals surface area contributed by atoms with Crippen molar-refractivity contribution < 1.29 is 18.1 Å². The van der Waals surface area contributed by atoms with Crippen molar-refractivity contribution in [3.63, 3.8) is 0 Å². The summed E-state index contributed by atoms with van der Waals surface area (Å²) in [4.78, 5) is 27.0. The number of nitro groups is 1. The summed E-state index contributed by atoms with van der Waals surface area (Å²) in [5.41, 5.74) is 5.59. The first-order valence-corrected chi connectivity index (χ1v) is 10.8. The fraction of sp³-hybridized carbons (Fsp3) is 0.588. The predicted octanol–water partition coefficient (Wildman–Crippen LogP) is 0.918. The van der Waals surface area contributed by atoms with Crippen LogP contribution in [0.5, 0.6) is 0 Å². The molecule has 1 aromatic rings. The van der Waals surface area contributed by atoms with Gasteiger partial charge in [-0.25, -0.2) is 8.42 Å². The maximum Gasteiger partial charge on any atom is 0.293 e. The summed E-state index contributed by atoms with van der Waals surface area (Å²) in [6.45, 7) is 1.73. The lowest BCUT2D eigenvalue weighted by molar-refractivity contribution is -0.384. The topological polar surface area (TPSA) is 127 Å². The standard InChI is InChI=1S/C17H24N4O5S/c1-27(25,26)13-4-5-14(15(12-13)21(23)24)19-8-10-20(11-9-19)16(22)17(18)6-2-3-7-17/h4-5,12H,2-3,6-11,18H2,1H3. The number of amides is 1. The van der Waals surface area contributed by atoms with E-state index in [1.807, 2.05) is 4.90 Å². The van der Waals surface area contributed by atoms with E-state index in [0.717, 1.165) is 25.2 Å². The van der Waals surface area contributed by atoms with Crippen LogP contribution in [0.15, 0.2) is 23.1 Å². The molecule has 1 aliphatic heterocycles. The zero-order valence-corrected chi connectivity index (χ0v) is 16.1. The minimum absolute atomic E-state index is 0.0402. The molecule has 0 bridgehead atoms. The zero-order chi connectivity index (χ0) is 19.8. The van der Waals surface area contributed by atoms with Crippen LogP contribution < -0.4 is 10.6 Å². The van der Waals surface area contributed by atoms with Gasteiger partial charge in [0, 0.05) is 38.5 Å².